The van der Waals surface area contributed by atoms with Crippen molar-refractivity contribution in [2.45, 2.75) is 40.0 Å². The molecule has 2 rings (SSSR count). The molecule has 2 aliphatic rings. The molecule has 0 spiro atoms. The number of ether oxygens (including phenoxy) is 1. The van der Waals surface area contributed by atoms with Gasteiger partial charge in [-0.2, -0.15) is 0 Å². The van der Waals surface area contributed by atoms with Crippen molar-refractivity contribution >= 4 is 5.97 Å². The van der Waals surface area contributed by atoms with Crippen molar-refractivity contribution in [2.75, 3.05) is 6.61 Å². The maximum atomic E-state index is 10.7. The van der Waals surface area contributed by atoms with Crippen LogP contribution in [-0.4, -0.2) is 12.6 Å². The van der Waals surface area contributed by atoms with Crippen LogP contribution in [-0.2, 0) is 9.53 Å². The van der Waals surface area contributed by atoms with Crippen LogP contribution in [0, 0.1) is 29.6 Å². The Morgan fingerprint density at radius 3 is 2.27 bits per heavy atom. The zero-order valence-corrected chi connectivity index (χ0v) is 8.58. The maximum absolute atomic E-state index is 10.7. The van der Waals surface area contributed by atoms with Crippen LogP contribution < -0.4 is 0 Å². The topological polar surface area (TPSA) is 26.3 Å². The molecule has 2 heteroatoms. The van der Waals surface area contributed by atoms with E-state index in [0.717, 1.165) is 24.7 Å². The van der Waals surface area contributed by atoms with Gasteiger partial charge in [0.25, 0.3) is 0 Å². The number of esters is 1. The van der Waals surface area contributed by atoms with Gasteiger partial charge in [0.1, 0.15) is 0 Å². The lowest BCUT2D eigenvalue weighted by Gasteiger charge is -1.99. The average Bonchev–Trinajstić information content (AvgIpc) is 2.72. The number of hydrogen-bond acceptors (Lipinski definition) is 2. The van der Waals surface area contributed by atoms with Crippen molar-refractivity contribution in [3.05, 3.63) is 0 Å². The first-order valence-corrected chi connectivity index (χ1v) is 5.38. The van der Waals surface area contributed by atoms with E-state index in [-0.39, 0.29) is 13.4 Å². The highest BCUT2D eigenvalue weighted by molar-refractivity contribution is 5.65. The van der Waals surface area contributed by atoms with Crippen molar-refractivity contribution in [2.24, 2.45) is 17.8 Å². The molecule has 1 saturated carbocycles. The van der Waals surface area contributed by atoms with Crippen LogP contribution in [0.5, 0.6) is 0 Å². The predicted molar refractivity (Wildman–Crippen MR) is 60.1 cm³/mol. The van der Waals surface area contributed by atoms with Crippen LogP contribution in [0.1, 0.15) is 40.0 Å². The molecule has 0 aromatic carbocycles. The molecule has 0 saturated heterocycles. The first-order valence-electron chi connectivity index (χ1n) is 5.38. The van der Waals surface area contributed by atoms with Crippen molar-refractivity contribution in [3.8, 4) is 11.8 Å². The quantitative estimate of drug-likeness (QED) is 0.515. The smallest absolute Gasteiger partial charge is 0.302 e. The van der Waals surface area contributed by atoms with Gasteiger partial charge in [-0.15, -0.1) is 11.8 Å². The summed E-state index contributed by atoms with van der Waals surface area (Å²) in [7, 11) is 0. The Hall–Kier alpha value is -0.970. The van der Waals surface area contributed by atoms with Gasteiger partial charge in [-0.25, -0.2) is 0 Å². The summed E-state index contributed by atoms with van der Waals surface area (Å²) in [5.74, 6) is 8.38. The summed E-state index contributed by atoms with van der Waals surface area (Å²) in [5.41, 5.74) is 0. The van der Waals surface area contributed by atoms with Gasteiger partial charge >= 0.3 is 5.97 Å². The standard InChI is InChI=1S/C12H16O2.CH4/c1-9(13)14-8-12-10-6-4-2-3-5-7-11(10)12;/h10-12H,4-8H2,1H3;1H4/t10-,11+,12?;. The molecule has 0 heterocycles. The van der Waals surface area contributed by atoms with Crippen molar-refractivity contribution in [3.63, 3.8) is 0 Å². The second-order valence-electron chi connectivity index (χ2n) is 4.23. The van der Waals surface area contributed by atoms with Crippen LogP contribution in [0.3, 0.4) is 0 Å². The highest BCUT2D eigenvalue weighted by Gasteiger charge is 2.49. The summed E-state index contributed by atoms with van der Waals surface area (Å²) in [6.45, 7) is 2.11. The predicted octanol–water partition coefficient (Wildman–Crippen LogP) is 2.63. The number of carbonyl (C=O) groups excluding carboxylic acids is 1. The number of hydrogen-bond donors (Lipinski definition) is 0. The third-order valence-electron chi connectivity index (χ3n) is 3.32. The van der Waals surface area contributed by atoms with Gasteiger partial charge in [0, 0.05) is 19.8 Å². The van der Waals surface area contributed by atoms with E-state index in [0.29, 0.717) is 12.5 Å². The molecule has 0 aromatic rings. The van der Waals surface area contributed by atoms with Crippen LogP contribution >= 0.6 is 0 Å². The Morgan fingerprint density at radius 2 is 1.80 bits per heavy atom. The van der Waals surface area contributed by atoms with Crippen LogP contribution in [0.2, 0.25) is 0 Å². The second-order valence-corrected chi connectivity index (χ2v) is 4.23. The fourth-order valence-corrected chi connectivity index (χ4v) is 2.50. The molecule has 1 fully saturated rings. The second kappa shape index (κ2) is 5.21. The van der Waals surface area contributed by atoms with E-state index in [1.54, 1.807) is 0 Å². The average molecular weight is 208 g/mol. The molecule has 15 heavy (non-hydrogen) atoms. The lowest BCUT2D eigenvalue weighted by Crippen LogP contribution is -2.03. The summed E-state index contributed by atoms with van der Waals surface area (Å²) >= 11 is 0. The van der Waals surface area contributed by atoms with Crippen molar-refractivity contribution < 1.29 is 9.53 Å². The van der Waals surface area contributed by atoms with Gasteiger partial charge in [-0.1, -0.05) is 7.43 Å². The Labute approximate surface area is 92.4 Å². The Bertz CT molecular complexity index is 267. The summed E-state index contributed by atoms with van der Waals surface area (Å²) < 4.78 is 5.06. The van der Waals surface area contributed by atoms with E-state index in [4.69, 9.17) is 4.74 Å². The molecular weight excluding hydrogens is 188 g/mol. The van der Waals surface area contributed by atoms with E-state index in [2.05, 4.69) is 11.8 Å². The third-order valence-corrected chi connectivity index (χ3v) is 3.32. The molecule has 0 radical (unpaired) electrons. The van der Waals surface area contributed by atoms with E-state index in [1.807, 2.05) is 0 Å². The SMILES string of the molecule is C.CC(=O)OCC1[C@H]2CCC#CCC[C@@H]12. The highest BCUT2D eigenvalue weighted by atomic mass is 16.5. The number of carbonyl (C=O) groups is 1. The molecular formula is C13H20O2. The van der Waals surface area contributed by atoms with Crippen LogP contribution in [0.25, 0.3) is 0 Å². The zero-order chi connectivity index (χ0) is 9.97. The maximum Gasteiger partial charge on any atom is 0.302 e. The molecule has 0 aliphatic heterocycles. The van der Waals surface area contributed by atoms with E-state index in [1.165, 1.54) is 19.8 Å². The molecule has 84 valence electrons. The molecule has 0 bridgehead atoms. The molecule has 2 aliphatic carbocycles. The first-order chi connectivity index (χ1) is 6.79. The molecule has 0 amide bonds. The molecule has 2 nitrogen and oxygen atoms in total. The highest BCUT2D eigenvalue weighted by Crippen LogP contribution is 2.52. The minimum atomic E-state index is -0.152. The van der Waals surface area contributed by atoms with E-state index in [9.17, 15) is 4.79 Å². The van der Waals surface area contributed by atoms with Gasteiger partial charge in [0.05, 0.1) is 6.61 Å². The minimum absolute atomic E-state index is 0. The van der Waals surface area contributed by atoms with Crippen LogP contribution in [0.15, 0.2) is 0 Å². The van der Waals surface area contributed by atoms with Gasteiger partial charge in [-0.05, 0) is 30.6 Å². The Balaban J connectivity index is 0.00000112. The van der Waals surface area contributed by atoms with E-state index >= 15 is 0 Å². The summed E-state index contributed by atoms with van der Waals surface area (Å²) in [5, 5.41) is 0. The van der Waals surface area contributed by atoms with E-state index < -0.39 is 0 Å². The third kappa shape index (κ3) is 2.99. The fourth-order valence-electron chi connectivity index (χ4n) is 2.50. The minimum Gasteiger partial charge on any atom is -0.466 e. The van der Waals surface area contributed by atoms with Crippen LogP contribution in [0.4, 0.5) is 0 Å². The van der Waals surface area contributed by atoms with Gasteiger partial charge in [0.15, 0.2) is 0 Å². The summed E-state index contributed by atoms with van der Waals surface area (Å²) in [6, 6.07) is 0. The molecule has 3 atom stereocenters. The fraction of sp³-hybridized carbons (Fsp3) is 0.769. The largest absolute Gasteiger partial charge is 0.466 e. The number of rotatable bonds is 2. The zero-order valence-electron chi connectivity index (χ0n) is 8.58. The molecule has 0 aromatic heterocycles. The van der Waals surface area contributed by atoms with Gasteiger partial charge < -0.3 is 4.74 Å². The van der Waals surface area contributed by atoms with Gasteiger partial charge in [0.2, 0.25) is 0 Å². The number of fused-ring (bicyclic) bond motifs is 1. The summed E-state index contributed by atoms with van der Waals surface area (Å²) in [6.07, 6.45) is 4.45. The lowest BCUT2D eigenvalue weighted by atomic mass is 10.1. The Morgan fingerprint density at radius 1 is 1.27 bits per heavy atom. The van der Waals surface area contributed by atoms with Crippen molar-refractivity contribution in [1.82, 2.24) is 0 Å². The first kappa shape index (κ1) is 12.1. The molecule has 1 unspecified atom stereocenters. The monoisotopic (exact) mass is 208 g/mol. The lowest BCUT2D eigenvalue weighted by molar-refractivity contribution is -0.141. The van der Waals surface area contributed by atoms with Crippen molar-refractivity contribution in [1.29, 1.82) is 0 Å². The summed E-state index contributed by atoms with van der Waals surface area (Å²) in [4.78, 5) is 10.7. The molecule has 0 N–H and O–H groups in total. The van der Waals surface area contributed by atoms with Gasteiger partial charge in [-0.3, -0.25) is 4.79 Å². The normalized spacial score (nSPS) is 31.9. The Kier molecular flexibility index (Phi) is 4.20.